The molecule has 2 heterocycles. The van der Waals surface area contributed by atoms with Gasteiger partial charge in [-0.05, 0) is 92.4 Å². The molecule has 2 aliphatic heterocycles. The average molecular weight is 608 g/mol. The van der Waals surface area contributed by atoms with Crippen molar-refractivity contribution >= 4 is 24.1 Å². The number of piperidine rings is 2. The van der Waals surface area contributed by atoms with E-state index >= 15 is 0 Å². The molecule has 3 aliphatic rings. The molecule has 0 aromatic carbocycles. The first-order chi connectivity index (χ1) is 20.2. The van der Waals surface area contributed by atoms with Crippen LogP contribution in [0.15, 0.2) is 4.99 Å². The van der Waals surface area contributed by atoms with Gasteiger partial charge >= 0.3 is 12.2 Å². The lowest BCUT2D eigenvalue weighted by Crippen LogP contribution is -2.52. The number of nitrogens with two attached hydrogens (primary N) is 1. The van der Waals surface area contributed by atoms with Crippen molar-refractivity contribution in [2.24, 2.45) is 16.6 Å². The van der Waals surface area contributed by atoms with E-state index in [2.05, 4.69) is 10.3 Å². The third kappa shape index (κ3) is 12.6. The highest BCUT2D eigenvalue weighted by atomic mass is 16.6. The van der Waals surface area contributed by atoms with E-state index in [1.165, 1.54) is 32.1 Å². The number of likely N-dealkylation sites (tertiary alicyclic amines) is 2. The first-order valence-corrected chi connectivity index (χ1v) is 16.4. The number of amides is 3. The van der Waals surface area contributed by atoms with Crippen LogP contribution in [0.2, 0.25) is 0 Å². The number of carbonyl (C=O) groups excluding carboxylic acids is 3. The highest BCUT2D eigenvalue weighted by molar-refractivity contribution is 5.99. The smallest absolute Gasteiger partial charge is 0.437 e. The summed E-state index contributed by atoms with van der Waals surface area (Å²) in [6, 6.07) is -0.232. The topological polar surface area (TPSA) is 136 Å². The molecule has 0 bridgehead atoms. The van der Waals surface area contributed by atoms with Crippen molar-refractivity contribution in [2.75, 3.05) is 26.2 Å². The quantitative estimate of drug-likeness (QED) is 0.292. The number of hydrogen-bond donors (Lipinski definition) is 2. The Balaban J connectivity index is 1.49. The molecule has 246 valence electrons. The predicted octanol–water partition coefficient (Wildman–Crippen LogP) is 5.35. The largest absolute Gasteiger partial charge is 0.444 e. The second kappa shape index (κ2) is 16.1. The molecule has 2 saturated heterocycles. The zero-order valence-corrected chi connectivity index (χ0v) is 27.5. The molecule has 3 amide bonds. The molecule has 3 rings (SSSR count). The van der Waals surface area contributed by atoms with Gasteiger partial charge in [0.15, 0.2) is 0 Å². The Morgan fingerprint density at radius 3 is 2.12 bits per heavy atom. The van der Waals surface area contributed by atoms with Crippen LogP contribution in [0.3, 0.4) is 0 Å². The van der Waals surface area contributed by atoms with Crippen LogP contribution in [0.5, 0.6) is 0 Å². The minimum Gasteiger partial charge on any atom is -0.444 e. The zero-order valence-electron chi connectivity index (χ0n) is 27.5. The van der Waals surface area contributed by atoms with E-state index in [4.69, 9.17) is 19.9 Å². The fourth-order valence-corrected chi connectivity index (χ4v) is 6.24. The molecular formula is C32H57N5O6. The second-order valence-corrected chi connectivity index (χ2v) is 14.4. The van der Waals surface area contributed by atoms with Crippen molar-refractivity contribution in [3.05, 3.63) is 0 Å². The van der Waals surface area contributed by atoms with Gasteiger partial charge < -0.3 is 29.7 Å². The Labute approximate surface area is 258 Å². The number of nitrogens with zero attached hydrogens (tertiary/aromatic N) is 3. The molecule has 3 N–H and O–H groups in total. The zero-order chi connectivity index (χ0) is 31.6. The molecule has 1 saturated carbocycles. The van der Waals surface area contributed by atoms with Crippen LogP contribution in [0.25, 0.3) is 0 Å². The lowest BCUT2D eigenvalue weighted by molar-refractivity contribution is -0.137. The number of hydrogen-bond acceptors (Lipinski definition) is 7. The van der Waals surface area contributed by atoms with E-state index in [1.807, 2.05) is 9.80 Å². The lowest BCUT2D eigenvalue weighted by atomic mass is 9.84. The van der Waals surface area contributed by atoms with Gasteiger partial charge in [-0.1, -0.05) is 32.1 Å². The third-order valence-electron chi connectivity index (χ3n) is 8.29. The summed E-state index contributed by atoms with van der Waals surface area (Å²) in [7, 11) is 0. The highest BCUT2D eigenvalue weighted by Crippen LogP contribution is 2.28. The summed E-state index contributed by atoms with van der Waals surface area (Å²) in [5.41, 5.74) is 5.04. The molecule has 1 aliphatic carbocycles. The van der Waals surface area contributed by atoms with Gasteiger partial charge in [0.1, 0.15) is 11.2 Å². The van der Waals surface area contributed by atoms with E-state index in [0.29, 0.717) is 38.5 Å². The molecular weight excluding hydrogens is 550 g/mol. The second-order valence-electron chi connectivity index (χ2n) is 14.4. The van der Waals surface area contributed by atoms with Crippen molar-refractivity contribution in [3.63, 3.8) is 0 Å². The van der Waals surface area contributed by atoms with Crippen molar-refractivity contribution < 1.29 is 28.6 Å². The number of nitrogens with one attached hydrogen (secondary N) is 1. The van der Waals surface area contributed by atoms with E-state index < -0.39 is 29.4 Å². The molecule has 2 atom stereocenters. The van der Waals surface area contributed by atoms with Crippen molar-refractivity contribution in [3.8, 4) is 0 Å². The summed E-state index contributed by atoms with van der Waals surface area (Å²) in [5.74, 6) is 0.805. The fraction of sp³-hybridized carbons (Fsp3) is 0.875. The van der Waals surface area contributed by atoms with Crippen molar-refractivity contribution in [1.29, 1.82) is 0 Å². The van der Waals surface area contributed by atoms with Crippen LogP contribution in [0, 0.1) is 5.92 Å². The summed E-state index contributed by atoms with van der Waals surface area (Å²) in [4.78, 5) is 46.2. The fourth-order valence-electron chi connectivity index (χ4n) is 6.24. The predicted molar refractivity (Wildman–Crippen MR) is 167 cm³/mol. The summed E-state index contributed by atoms with van der Waals surface area (Å²) in [6.45, 7) is 13.1. The third-order valence-corrected chi connectivity index (χ3v) is 8.29. The number of ether oxygens (including phenoxy) is 3. The van der Waals surface area contributed by atoms with Crippen molar-refractivity contribution in [1.82, 2.24) is 15.1 Å². The van der Waals surface area contributed by atoms with Gasteiger partial charge in [-0.3, -0.25) is 10.1 Å². The maximum atomic E-state index is 13.3. The molecule has 0 radical (unpaired) electrons. The minimum atomic E-state index is -0.776. The number of carbonyl (C=O) groups is 3. The Bertz CT molecular complexity index is 945. The first kappa shape index (κ1) is 35.1. The molecule has 0 aromatic rings. The lowest BCUT2D eigenvalue weighted by Gasteiger charge is -2.38. The molecule has 3 fully saturated rings. The van der Waals surface area contributed by atoms with Crippen LogP contribution >= 0.6 is 0 Å². The molecule has 11 heteroatoms. The Morgan fingerprint density at radius 1 is 0.860 bits per heavy atom. The number of guanidine groups is 1. The van der Waals surface area contributed by atoms with Crippen LogP contribution in [-0.2, 0) is 19.0 Å². The molecule has 0 aromatic heterocycles. The van der Waals surface area contributed by atoms with Gasteiger partial charge in [-0.15, -0.1) is 4.99 Å². The summed E-state index contributed by atoms with van der Waals surface area (Å²) < 4.78 is 17.0. The Hall–Kier alpha value is -2.40. The summed E-state index contributed by atoms with van der Waals surface area (Å²) >= 11 is 0. The SMILES string of the molecule is CC(C)(C)OC(=O)/N=C(\NC(=O)OC(C)(C)C)N1CCC(OCCC2CCCCN2C(=O)[C@H](N)CC2CCCCC2)CC1. The van der Waals surface area contributed by atoms with E-state index in [9.17, 15) is 14.4 Å². The van der Waals surface area contributed by atoms with Crippen molar-refractivity contribution in [2.45, 2.75) is 148 Å². The highest BCUT2D eigenvalue weighted by Gasteiger charge is 2.32. The normalized spacial score (nSPS) is 22.2. The minimum absolute atomic E-state index is 0.0434. The van der Waals surface area contributed by atoms with Gasteiger partial charge in [-0.2, -0.15) is 0 Å². The standard InChI is InChI=1S/C32H57N5O6/c1-31(2,3)42-29(39)34-28(35-30(40)43-32(4,5)6)36-19-15-25(16-20-36)41-21-17-24-14-10-11-18-37(24)27(38)26(33)22-23-12-8-7-9-13-23/h23-26H,7-22,33H2,1-6H3,(H,34,35,39,40)/t24?,26-/m1/s1. The molecule has 0 spiro atoms. The summed E-state index contributed by atoms with van der Waals surface area (Å²) in [5, 5.41) is 2.64. The van der Waals surface area contributed by atoms with Gasteiger partial charge in [0, 0.05) is 32.3 Å². The molecule has 43 heavy (non-hydrogen) atoms. The molecule has 1 unspecified atom stereocenters. The van der Waals surface area contributed by atoms with E-state index in [0.717, 1.165) is 38.6 Å². The van der Waals surface area contributed by atoms with Gasteiger partial charge in [0.25, 0.3) is 0 Å². The first-order valence-electron chi connectivity index (χ1n) is 16.4. The maximum absolute atomic E-state index is 13.3. The number of rotatable bonds is 7. The number of aliphatic imine (C=N–C) groups is 1. The average Bonchev–Trinajstić information content (AvgIpc) is 2.91. The molecule has 11 nitrogen and oxygen atoms in total. The Morgan fingerprint density at radius 2 is 1.49 bits per heavy atom. The Kier molecular flexibility index (Phi) is 13.1. The monoisotopic (exact) mass is 607 g/mol. The van der Waals surface area contributed by atoms with Gasteiger partial charge in [0.2, 0.25) is 11.9 Å². The van der Waals surface area contributed by atoms with Gasteiger partial charge in [-0.25, -0.2) is 9.59 Å². The van der Waals surface area contributed by atoms with Crippen LogP contribution < -0.4 is 11.1 Å². The van der Waals surface area contributed by atoms with Crippen LogP contribution in [0.1, 0.15) is 119 Å². The van der Waals surface area contributed by atoms with Gasteiger partial charge in [0.05, 0.1) is 12.1 Å². The van der Waals surface area contributed by atoms with E-state index in [1.54, 1.807) is 41.5 Å². The van der Waals surface area contributed by atoms with E-state index in [-0.39, 0.29) is 24.0 Å². The van der Waals surface area contributed by atoms with Crippen LogP contribution in [-0.4, -0.2) is 89.5 Å². The maximum Gasteiger partial charge on any atom is 0.437 e. The summed E-state index contributed by atoms with van der Waals surface area (Å²) in [6.07, 6.45) is 11.0. The number of alkyl carbamates (subject to hydrolysis) is 1. The van der Waals surface area contributed by atoms with Crippen LogP contribution in [0.4, 0.5) is 9.59 Å².